The Balaban J connectivity index is 1.66. The van der Waals surface area contributed by atoms with E-state index in [9.17, 15) is 9.90 Å². The van der Waals surface area contributed by atoms with Crippen LogP contribution in [0.2, 0.25) is 0 Å². The van der Waals surface area contributed by atoms with Gasteiger partial charge in [0.25, 0.3) is 0 Å². The maximum Gasteiger partial charge on any atom is 0.410 e. The highest BCUT2D eigenvalue weighted by Crippen LogP contribution is 2.33. The Hall–Kier alpha value is -3.58. The van der Waals surface area contributed by atoms with Gasteiger partial charge in [-0.15, -0.1) is 6.42 Å². The molecule has 10 heteroatoms. The maximum absolute atomic E-state index is 16.5. The van der Waals surface area contributed by atoms with E-state index in [0.29, 0.717) is 23.9 Å². The van der Waals surface area contributed by atoms with Crippen molar-refractivity contribution in [3.05, 3.63) is 35.9 Å². The summed E-state index contributed by atoms with van der Waals surface area (Å²) >= 11 is 0. The average Bonchev–Trinajstić information content (AvgIpc) is 3.30. The van der Waals surface area contributed by atoms with E-state index in [1.54, 1.807) is 24.3 Å². The van der Waals surface area contributed by atoms with E-state index in [2.05, 4.69) is 26.2 Å². The largest absolute Gasteiger partial charge is 0.465 e. The number of aliphatic imine (C=N–C) groups is 3. The summed E-state index contributed by atoms with van der Waals surface area (Å²) in [5.41, 5.74) is -1.39. The van der Waals surface area contributed by atoms with Crippen LogP contribution in [0.5, 0.6) is 0 Å². The standard InChI is InChI=1S/C30H40FN7O2/c1-4-24(33-20(2)22-14-11-15-22)34-27(26(32)37-29(39)40)35-25-19-38(18-21-12-7-5-8-13-21)28(36-25)30(3,31)23-16-9-6-10-17-23/h1,6,9-10,16-17,20-22,24,33H,5,7-8,11-15,18-19H2,2-3H3,(H2,32,37)(H,39,40)/b34-27-,35-25+/t20-,24?,30?/m1/s1. The molecule has 1 amide bonds. The topological polar surface area (TPSA) is 126 Å². The molecule has 0 aromatic heterocycles. The summed E-state index contributed by atoms with van der Waals surface area (Å²) in [5, 5.41) is 22.9. The number of hydrogen-bond acceptors (Lipinski definition) is 5. The molecular formula is C30H40FN7O2. The third kappa shape index (κ3) is 7.33. The fourth-order valence-electron chi connectivity index (χ4n) is 5.65. The molecule has 9 nitrogen and oxygen atoms in total. The van der Waals surface area contributed by atoms with Crippen LogP contribution in [0.1, 0.15) is 70.8 Å². The minimum absolute atomic E-state index is 0.106. The lowest BCUT2D eigenvalue weighted by Gasteiger charge is -2.33. The summed E-state index contributed by atoms with van der Waals surface area (Å²) in [6, 6.07) is 9.02. The second-order valence-corrected chi connectivity index (χ2v) is 11.2. The van der Waals surface area contributed by atoms with Crippen LogP contribution in [0.3, 0.4) is 0 Å². The number of benzene rings is 1. The molecule has 2 aliphatic carbocycles. The Kier molecular flexibility index (Phi) is 9.69. The van der Waals surface area contributed by atoms with Crippen LogP contribution in [0.4, 0.5) is 9.18 Å². The van der Waals surface area contributed by atoms with Crippen LogP contribution in [-0.4, -0.2) is 64.7 Å². The van der Waals surface area contributed by atoms with Crippen molar-refractivity contribution in [1.29, 1.82) is 5.41 Å². The molecule has 1 aromatic rings. The third-order valence-electron chi connectivity index (χ3n) is 8.18. The number of nitrogens with zero attached hydrogens (tertiary/aromatic N) is 4. The molecule has 1 aromatic carbocycles. The molecule has 2 saturated carbocycles. The van der Waals surface area contributed by atoms with E-state index in [1.165, 1.54) is 19.8 Å². The van der Waals surface area contributed by atoms with Gasteiger partial charge in [0.1, 0.15) is 5.84 Å². The van der Waals surface area contributed by atoms with Gasteiger partial charge in [-0.2, -0.15) is 0 Å². The van der Waals surface area contributed by atoms with Gasteiger partial charge >= 0.3 is 6.09 Å². The zero-order valence-electron chi connectivity index (χ0n) is 23.4. The summed E-state index contributed by atoms with van der Waals surface area (Å²) in [4.78, 5) is 26.8. The maximum atomic E-state index is 16.5. The first kappa shape index (κ1) is 29.4. The second-order valence-electron chi connectivity index (χ2n) is 11.2. The van der Waals surface area contributed by atoms with Gasteiger partial charge in [-0.3, -0.25) is 16.0 Å². The van der Waals surface area contributed by atoms with E-state index in [1.807, 2.05) is 23.2 Å². The van der Waals surface area contributed by atoms with Gasteiger partial charge in [-0.25, -0.2) is 24.2 Å². The highest BCUT2D eigenvalue weighted by atomic mass is 19.1. The normalized spacial score (nSPS) is 22.6. The minimum Gasteiger partial charge on any atom is -0.465 e. The molecule has 2 unspecified atom stereocenters. The molecule has 0 saturated heterocycles. The quantitative estimate of drug-likeness (QED) is 0.208. The monoisotopic (exact) mass is 549 g/mol. The minimum atomic E-state index is -1.88. The summed E-state index contributed by atoms with van der Waals surface area (Å²) in [7, 11) is 0. The smallest absolute Gasteiger partial charge is 0.410 e. The first-order valence-corrected chi connectivity index (χ1v) is 14.2. The van der Waals surface area contributed by atoms with Gasteiger partial charge in [-0.1, -0.05) is 61.9 Å². The number of halogens is 1. The van der Waals surface area contributed by atoms with Crippen molar-refractivity contribution in [1.82, 2.24) is 15.5 Å². The number of amides is 1. The Morgan fingerprint density at radius 1 is 1.25 bits per heavy atom. The zero-order chi connectivity index (χ0) is 28.7. The van der Waals surface area contributed by atoms with Crippen LogP contribution in [0.15, 0.2) is 45.3 Å². The van der Waals surface area contributed by atoms with Gasteiger partial charge in [0.15, 0.2) is 29.3 Å². The summed E-state index contributed by atoms with van der Waals surface area (Å²) in [5.74, 6) is 3.28. The predicted molar refractivity (Wildman–Crippen MR) is 157 cm³/mol. The van der Waals surface area contributed by atoms with Gasteiger partial charge in [0.05, 0.1) is 6.54 Å². The molecule has 0 spiro atoms. The summed E-state index contributed by atoms with van der Waals surface area (Å²) in [6.45, 7) is 4.42. The lowest BCUT2D eigenvalue weighted by molar-refractivity contribution is 0.200. The highest BCUT2D eigenvalue weighted by molar-refractivity contribution is 6.43. The SMILES string of the molecule is C#CC(/N=C(\N=C1/CN(CC2CCCCC2)C(C(C)(F)c2ccccc2)=N1)C(=N)NC(=O)O)N[C@H](C)C1CCC1. The zero-order valence-corrected chi connectivity index (χ0v) is 23.4. The molecule has 40 heavy (non-hydrogen) atoms. The molecule has 214 valence electrons. The van der Waals surface area contributed by atoms with Crippen molar-refractivity contribution in [3.8, 4) is 12.3 Å². The molecule has 1 heterocycles. The molecular weight excluding hydrogens is 509 g/mol. The van der Waals surface area contributed by atoms with Gasteiger partial charge in [-0.05, 0) is 56.9 Å². The van der Waals surface area contributed by atoms with Crippen LogP contribution in [0.25, 0.3) is 0 Å². The molecule has 0 bridgehead atoms. The van der Waals surface area contributed by atoms with Crippen LogP contribution < -0.4 is 10.6 Å². The van der Waals surface area contributed by atoms with Gasteiger partial charge in [0, 0.05) is 12.6 Å². The predicted octanol–water partition coefficient (Wildman–Crippen LogP) is 4.95. The Morgan fingerprint density at radius 3 is 2.55 bits per heavy atom. The third-order valence-corrected chi connectivity index (χ3v) is 8.18. The average molecular weight is 550 g/mol. The Bertz CT molecular complexity index is 1190. The number of amidine groups is 4. The van der Waals surface area contributed by atoms with Crippen molar-refractivity contribution < 1.29 is 14.3 Å². The number of hydrogen-bond donors (Lipinski definition) is 4. The van der Waals surface area contributed by atoms with Crippen molar-refractivity contribution in [3.63, 3.8) is 0 Å². The molecule has 3 aliphatic rings. The van der Waals surface area contributed by atoms with Crippen LogP contribution in [-0.2, 0) is 5.67 Å². The molecule has 4 N–H and O–H groups in total. The van der Waals surface area contributed by atoms with E-state index in [0.717, 1.165) is 38.5 Å². The van der Waals surface area contributed by atoms with Gasteiger partial charge < -0.3 is 10.0 Å². The number of alkyl halides is 1. The van der Waals surface area contributed by atoms with Crippen molar-refractivity contribution >= 4 is 29.4 Å². The van der Waals surface area contributed by atoms with E-state index >= 15 is 4.39 Å². The summed E-state index contributed by atoms with van der Waals surface area (Å²) in [6.07, 6.45) is 12.6. The lowest BCUT2D eigenvalue weighted by atomic mass is 9.80. The second kappa shape index (κ2) is 13.2. The molecule has 4 rings (SSSR count). The molecule has 2 fully saturated rings. The fraction of sp³-hybridized carbons (Fsp3) is 0.567. The van der Waals surface area contributed by atoms with E-state index in [4.69, 9.17) is 11.8 Å². The number of carboxylic acid groups (broad SMARTS) is 1. The first-order valence-electron chi connectivity index (χ1n) is 14.2. The first-order chi connectivity index (χ1) is 19.2. The van der Waals surface area contributed by atoms with E-state index in [-0.39, 0.29) is 30.1 Å². The number of rotatable bonds is 8. The van der Waals surface area contributed by atoms with Crippen LogP contribution in [0, 0.1) is 29.6 Å². The van der Waals surface area contributed by atoms with Crippen LogP contribution >= 0.6 is 0 Å². The molecule has 0 radical (unpaired) electrons. The molecule has 1 aliphatic heterocycles. The lowest BCUT2D eigenvalue weighted by Crippen LogP contribution is -2.43. The highest BCUT2D eigenvalue weighted by Gasteiger charge is 2.41. The number of nitrogens with one attached hydrogen (secondary N) is 3. The van der Waals surface area contributed by atoms with Crippen molar-refractivity contribution in [2.24, 2.45) is 26.8 Å². The summed E-state index contributed by atoms with van der Waals surface area (Å²) < 4.78 is 16.5. The number of carbonyl (C=O) groups is 1. The Labute approximate surface area is 236 Å². The number of terminal acetylenes is 1. The van der Waals surface area contributed by atoms with E-state index < -0.39 is 23.8 Å². The molecule has 3 atom stereocenters. The fourth-order valence-corrected chi connectivity index (χ4v) is 5.65. The Morgan fingerprint density at radius 2 is 1.95 bits per heavy atom. The van der Waals surface area contributed by atoms with Crippen molar-refractivity contribution in [2.75, 3.05) is 13.1 Å². The van der Waals surface area contributed by atoms with Crippen molar-refractivity contribution in [2.45, 2.75) is 83.1 Å². The van der Waals surface area contributed by atoms with Gasteiger partial charge in [0.2, 0.25) is 0 Å².